The van der Waals surface area contributed by atoms with E-state index < -0.39 is 15.2 Å². The molecule has 3 aliphatic rings. The second-order valence-corrected chi connectivity index (χ2v) is 13.6. The van der Waals surface area contributed by atoms with Crippen molar-refractivity contribution in [3.8, 4) is 0 Å². The third-order valence-corrected chi connectivity index (χ3v) is 11.0. The minimum absolute atomic E-state index is 0. The molecule has 1 radical (unpaired) electrons. The zero-order chi connectivity index (χ0) is 31.0. The number of allylic oxidation sites excluding steroid dienone is 4. The van der Waals surface area contributed by atoms with Crippen LogP contribution in [0.3, 0.4) is 0 Å². The molecule has 1 spiro atoms. The first-order chi connectivity index (χ1) is 21.3. The first-order valence-electron chi connectivity index (χ1n) is 15.4. The van der Waals surface area contributed by atoms with Crippen LogP contribution >= 0.6 is 7.92 Å². The number of nitrogens with two attached hydrogens (primary N) is 1. The van der Waals surface area contributed by atoms with Crippen LogP contribution in [0.4, 0.5) is 23.0 Å². The molecule has 7 rings (SSSR count). The SMILES string of the molecule is C1=C\CC/C=C\CC/1.F[B-](F)(F)F.Nc1cccc2c1[C@@]1(CC2)CCc2cccc(P(c3ccccc3)c3ccccc3)c21.[Ir]. The van der Waals surface area contributed by atoms with Crippen LogP contribution in [0.15, 0.2) is 121 Å². The molecular weight excluding hydrogens is 768 g/mol. The number of rotatable bonds is 3. The predicted octanol–water partition coefficient (Wildman–Crippen LogP) is 9.18. The Morgan fingerprint density at radius 2 is 0.978 bits per heavy atom. The van der Waals surface area contributed by atoms with Gasteiger partial charge in [0.15, 0.2) is 0 Å². The summed E-state index contributed by atoms with van der Waals surface area (Å²) >= 11 is 0. The molecule has 0 aromatic heterocycles. The van der Waals surface area contributed by atoms with E-state index in [1.165, 1.54) is 71.1 Å². The van der Waals surface area contributed by atoms with E-state index in [9.17, 15) is 17.3 Å². The number of halogens is 4. The summed E-state index contributed by atoms with van der Waals surface area (Å²) in [5.41, 5.74) is 13.6. The van der Waals surface area contributed by atoms with E-state index in [2.05, 4.69) is 121 Å². The molecule has 0 saturated heterocycles. The maximum atomic E-state index is 9.75. The number of aryl methyl sites for hydroxylation is 2. The Morgan fingerprint density at radius 3 is 1.44 bits per heavy atom. The van der Waals surface area contributed by atoms with Crippen molar-refractivity contribution >= 4 is 36.8 Å². The third-order valence-electron chi connectivity index (χ3n) is 8.51. The van der Waals surface area contributed by atoms with E-state index in [1.54, 1.807) is 5.56 Å². The summed E-state index contributed by atoms with van der Waals surface area (Å²) in [5.74, 6) is 0. The Morgan fingerprint density at radius 1 is 0.556 bits per heavy atom. The second kappa shape index (κ2) is 16.0. The summed E-state index contributed by atoms with van der Waals surface area (Å²) in [6, 6.07) is 35.7. The van der Waals surface area contributed by atoms with Crippen LogP contribution in [-0.2, 0) is 38.4 Å². The van der Waals surface area contributed by atoms with Crippen LogP contribution in [0.2, 0.25) is 0 Å². The van der Waals surface area contributed by atoms with Crippen LogP contribution in [0, 0.1) is 0 Å². The molecule has 3 aliphatic carbocycles. The largest absolute Gasteiger partial charge is 0.673 e. The van der Waals surface area contributed by atoms with Gasteiger partial charge in [-0.3, -0.25) is 0 Å². The minimum atomic E-state index is -6.00. The number of benzene rings is 4. The van der Waals surface area contributed by atoms with Gasteiger partial charge in [-0.15, -0.1) is 0 Å². The van der Waals surface area contributed by atoms with E-state index in [4.69, 9.17) is 5.73 Å². The van der Waals surface area contributed by atoms with E-state index in [0.29, 0.717) is 0 Å². The molecule has 1 atom stereocenters. The Labute approximate surface area is 279 Å². The average molecular weight is 807 g/mol. The molecule has 8 heteroatoms. The fraction of sp³-hybridized carbons (Fsp3) is 0.243. The molecule has 0 unspecified atom stereocenters. The summed E-state index contributed by atoms with van der Waals surface area (Å²) in [6.45, 7) is 0. The van der Waals surface area contributed by atoms with Crippen molar-refractivity contribution in [2.24, 2.45) is 0 Å². The molecule has 0 fully saturated rings. The van der Waals surface area contributed by atoms with Gasteiger partial charge in [0.05, 0.1) is 0 Å². The van der Waals surface area contributed by atoms with Gasteiger partial charge in [0.25, 0.3) is 0 Å². The number of hydrogen-bond acceptors (Lipinski definition) is 1. The van der Waals surface area contributed by atoms with E-state index in [0.717, 1.165) is 18.5 Å². The van der Waals surface area contributed by atoms with Crippen molar-refractivity contribution in [3.05, 3.63) is 144 Å². The minimum Gasteiger partial charge on any atom is -0.418 e. The molecule has 0 bridgehead atoms. The van der Waals surface area contributed by atoms with E-state index >= 15 is 0 Å². The molecule has 0 amide bonds. The normalized spacial score (nSPS) is 19.4. The van der Waals surface area contributed by atoms with Gasteiger partial charge in [0, 0.05) is 31.2 Å². The van der Waals surface area contributed by atoms with Crippen molar-refractivity contribution in [1.29, 1.82) is 0 Å². The van der Waals surface area contributed by atoms with Crippen molar-refractivity contribution in [2.75, 3.05) is 5.73 Å². The van der Waals surface area contributed by atoms with Crippen LogP contribution in [0.1, 0.15) is 60.8 Å². The van der Waals surface area contributed by atoms with Crippen molar-refractivity contribution in [1.82, 2.24) is 0 Å². The smallest absolute Gasteiger partial charge is 0.418 e. The van der Waals surface area contributed by atoms with Crippen molar-refractivity contribution in [2.45, 2.75) is 56.8 Å². The number of nitrogen functional groups attached to an aromatic ring is 1. The molecule has 4 aromatic rings. The molecule has 1 nitrogen and oxygen atoms in total. The topological polar surface area (TPSA) is 26.0 Å². The average Bonchev–Trinajstić information content (AvgIpc) is 3.56. The Bertz CT molecular complexity index is 1520. The predicted molar refractivity (Wildman–Crippen MR) is 180 cm³/mol. The number of anilines is 1. The molecule has 2 N–H and O–H groups in total. The summed E-state index contributed by atoms with van der Waals surface area (Å²) < 4.78 is 39.0. The quantitative estimate of drug-likeness (QED) is 0.0723. The fourth-order valence-electron chi connectivity index (χ4n) is 6.83. The van der Waals surface area contributed by atoms with Crippen LogP contribution in [0.5, 0.6) is 0 Å². The van der Waals surface area contributed by atoms with E-state index in [1.807, 2.05) is 0 Å². The van der Waals surface area contributed by atoms with Crippen molar-refractivity contribution < 1.29 is 37.4 Å². The van der Waals surface area contributed by atoms with Crippen molar-refractivity contribution in [3.63, 3.8) is 0 Å². The zero-order valence-electron chi connectivity index (χ0n) is 25.2. The van der Waals surface area contributed by atoms with Gasteiger partial charge in [-0.05, 0) is 104 Å². The second-order valence-electron chi connectivity index (χ2n) is 11.4. The number of hydrogen-bond donors (Lipinski definition) is 1. The molecule has 45 heavy (non-hydrogen) atoms. The zero-order valence-corrected chi connectivity index (χ0v) is 28.4. The fourth-order valence-corrected chi connectivity index (χ4v) is 9.44. The monoisotopic (exact) mass is 807 g/mol. The summed E-state index contributed by atoms with van der Waals surface area (Å²) in [7, 11) is -6.63. The standard InChI is InChI=1S/C29H26NP.C8H12.BF4.Ir/c30-25-15-7-9-21-17-19-29(27(21)25)20-18-22-10-8-16-26(28(22)29)31(23-11-3-1-4-12-23)24-13-5-2-6-14-24;1-2-4-6-8-7-5-3-1;2-1(3,4)5;/h1-16H,17-20,30H2;1-2,7-8H,3-6H2;;/q;;-1;/b;2-1-,8-7-;;/t29-;;;/m1.../s1. The Hall–Kier alpha value is -2.98. The first kappa shape index (κ1) is 34.9. The van der Waals surface area contributed by atoms with Gasteiger partial charge in [0.2, 0.25) is 0 Å². The van der Waals surface area contributed by atoms with Gasteiger partial charge < -0.3 is 23.0 Å². The molecule has 0 heterocycles. The molecule has 0 aliphatic heterocycles. The summed E-state index contributed by atoms with van der Waals surface area (Å²) in [4.78, 5) is 0. The van der Waals surface area contributed by atoms with Gasteiger partial charge >= 0.3 is 7.25 Å². The maximum absolute atomic E-state index is 9.75. The van der Waals surface area contributed by atoms with Crippen LogP contribution < -0.4 is 21.6 Å². The third kappa shape index (κ3) is 8.64. The Kier molecular flexibility index (Phi) is 12.4. The first-order valence-corrected chi connectivity index (χ1v) is 16.7. The van der Waals surface area contributed by atoms with Crippen LogP contribution in [0.25, 0.3) is 0 Å². The van der Waals surface area contributed by atoms with Gasteiger partial charge in [-0.2, -0.15) is 0 Å². The van der Waals surface area contributed by atoms with E-state index in [-0.39, 0.29) is 25.5 Å². The maximum Gasteiger partial charge on any atom is 0.673 e. The van der Waals surface area contributed by atoms with Gasteiger partial charge in [-0.1, -0.05) is 115 Å². The summed E-state index contributed by atoms with van der Waals surface area (Å²) in [6.07, 6.45) is 18.6. The number of fused-ring (bicyclic) bond motifs is 4. The van der Waals surface area contributed by atoms with Crippen LogP contribution in [-0.4, -0.2) is 7.25 Å². The molecule has 4 aromatic carbocycles. The molecular formula is C37H38BF4IrNP-. The van der Waals surface area contributed by atoms with Gasteiger partial charge in [-0.25, -0.2) is 0 Å². The Balaban J connectivity index is 0.000000277. The molecule has 0 saturated carbocycles. The van der Waals surface area contributed by atoms with Gasteiger partial charge in [0.1, 0.15) is 0 Å². The molecule has 237 valence electrons. The summed E-state index contributed by atoms with van der Waals surface area (Å²) in [5, 5.41) is 4.34.